The van der Waals surface area contributed by atoms with Gasteiger partial charge in [0.2, 0.25) is 0 Å². The standard InChI is InChI=1S/C16H23NO4S/c1-16(2,3)12-6-4-5-7-13(12)21-10-14(18)17-8-9-22-11-15(19)20/h4-7H,8-11H2,1-3H3,(H,17,18)(H,19,20). The minimum Gasteiger partial charge on any atom is -0.483 e. The third-order valence-corrected chi connectivity index (χ3v) is 3.79. The molecule has 0 fully saturated rings. The van der Waals surface area contributed by atoms with Crippen molar-refractivity contribution in [1.29, 1.82) is 0 Å². The lowest BCUT2D eigenvalue weighted by atomic mass is 9.86. The SMILES string of the molecule is CC(C)(C)c1ccccc1OCC(=O)NCCSCC(=O)O. The molecule has 122 valence electrons. The monoisotopic (exact) mass is 325 g/mol. The number of benzene rings is 1. The zero-order chi connectivity index (χ0) is 16.6. The smallest absolute Gasteiger partial charge is 0.313 e. The van der Waals surface area contributed by atoms with E-state index in [0.717, 1.165) is 5.56 Å². The molecule has 0 bridgehead atoms. The molecule has 0 radical (unpaired) electrons. The van der Waals surface area contributed by atoms with Gasteiger partial charge in [-0.2, -0.15) is 0 Å². The highest BCUT2D eigenvalue weighted by molar-refractivity contribution is 7.99. The number of rotatable bonds is 8. The van der Waals surface area contributed by atoms with Crippen LogP contribution in [0.2, 0.25) is 0 Å². The molecular formula is C16H23NO4S. The zero-order valence-electron chi connectivity index (χ0n) is 13.2. The fourth-order valence-electron chi connectivity index (χ4n) is 1.83. The number of amides is 1. The van der Waals surface area contributed by atoms with E-state index in [4.69, 9.17) is 9.84 Å². The van der Waals surface area contributed by atoms with Gasteiger partial charge in [-0.1, -0.05) is 39.0 Å². The molecule has 0 aliphatic carbocycles. The normalized spacial score (nSPS) is 11.0. The first-order valence-corrected chi connectivity index (χ1v) is 8.24. The summed E-state index contributed by atoms with van der Waals surface area (Å²) in [5.41, 5.74) is 1.00. The molecule has 1 rings (SSSR count). The van der Waals surface area contributed by atoms with Crippen LogP contribution in [0.5, 0.6) is 5.75 Å². The summed E-state index contributed by atoms with van der Waals surface area (Å²) >= 11 is 1.27. The van der Waals surface area contributed by atoms with Crippen molar-refractivity contribution in [2.24, 2.45) is 0 Å². The van der Waals surface area contributed by atoms with Gasteiger partial charge in [0.25, 0.3) is 5.91 Å². The molecule has 2 N–H and O–H groups in total. The fourth-order valence-corrected chi connectivity index (χ4v) is 2.39. The Morgan fingerprint density at radius 1 is 1.27 bits per heavy atom. The van der Waals surface area contributed by atoms with Crippen LogP contribution >= 0.6 is 11.8 Å². The van der Waals surface area contributed by atoms with E-state index >= 15 is 0 Å². The van der Waals surface area contributed by atoms with Crippen LogP contribution in [-0.4, -0.2) is 41.6 Å². The van der Waals surface area contributed by atoms with Gasteiger partial charge in [0.05, 0.1) is 5.75 Å². The second-order valence-electron chi connectivity index (χ2n) is 5.83. The predicted molar refractivity (Wildman–Crippen MR) is 88.6 cm³/mol. The predicted octanol–water partition coefficient (Wildman–Crippen LogP) is 2.30. The third-order valence-electron chi connectivity index (χ3n) is 2.85. The van der Waals surface area contributed by atoms with Crippen LogP contribution in [0.25, 0.3) is 0 Å². The molecule has 1 amide bonds. The first-order valence-electron chi connectivity index (χ1n) is 7.09. The van der Waals surface area contributed by atoms with E-state index in [1.807, 2.05) is 24.3 Å². The van der Waals surface area contributed by atoms with Crippen LogP contribution in [0.15, 0.2) is 24.3 Å². The quantitative estimate of drug-likeness (QED) is 0.717. The Kier molecular flexibility index (Phi) is 7.24. The molecule has 0 aliphatic rings. The van der Waals surface area contributed by atoms with Crippen LogP contribution in [0.4, 0.5) is 0 Å². The maximum atomic E-state index is 11.7. The van der Waals surface area contributed by atoms with Gasteiger partial charge in [0, 0.05) is 12.3 Å². The Balaban J connectivity index is 2.37. The Hall–Kier alpha value is -1.69. The Bertz CT molecular complexity index is 511. The van der Waals surface area contributed by atoms with Crippen molar-refractivity contribution in [3.63, 3.8) is 0 Å². The highest BCUT2D eigenvalue weighted by atomic mass is 32.2. The highest BCUT2D eigenvalue weighted by Gasteiger charge is 2.18. The van der Waals surface area contributed by atoms with E-state index in [9.17, 15) is 9.59 Å². The molecule has 22 heavy (non-hydrogen) atoms. The fraction of sp³-hybridized carbons (Fsp3) is 0.500. The summed E-state index contributed by atoms with van der Waals surface area (Å²) in [6.45, 7) is 6.66. The second-order valence-corrected chi connectivity index (χ2v) is 6.94. The number of para-hydroxylation sites is 1. The van der Waals surface area contributed by atoms with Gasteiger partial charge in [-0.15, -0.1) is 11.8 Å². The summed E-state index contributed by atoms with van der Waals surface area (Å²) in [4.78, 5) is 22.1. The first kappa shape index (κ1) is 18.4. The van der Waals surface area contributed by atoms with Crippen molar-refractivity contribution in [2.45, 2.75) is 26.2 Å². The van der Waals surface area contributed by atoms with Gasteiger partial charge in [-0.05, 0) is 17.0 Å². The average Bonchev–Trinajstić information content (AvgIpc) is 2.43. The minimum absolute atomic E-state index is 0.0449. The summed E-state index contributed by atoms with van der Waals surface area (Å²) in [5.74, 6) is 0.269. The summed E-state index contributed by atoms with van der Waals surface area (Å²) in [6, 6.07) is 7.69. The van der Waals surface area contributed by atoms with Gasteiger partial charge in [0.1, 0.15) is 5.75 Å². The van der Waals surface area contributed by atoms with Gasteiger partial charge in [0.15, 0.2) is 6.61 Å². The number of carboxylic acid groups (broad SMARTS) is 1. The molecule has 0 aliphatic heterocycles. The van der Waals surface area contributed by atoms with Crippen molar-refractivity contribution in [3.05, 3.63) is 29.8 Å². The molecule has 5 nitrogen and oxygen atoms in total. The van der Waals surface area contributed by atoms with E-state index in [-0.39, 0.29) is 23.7 Å². The number of hydrogen-bond acceptors (Lipinski definition) is 4. The largest absolute Gasteiger partial charge is 0.483 e. The molecule has 0 unspecified atom stereocenters. The Morgan fingerprint density at radius 2 is 1.95 bits per heavy atom. The van der Waals surface area contributed by atoms with Crippen molar-refractivity contribution in [1.82, 2.24) is 5.32 Å². The van der Waals surface area contributed by atoms with E-state index in [0.29, 0.717) is 18.0 Å². The van der Waals surface area contributed by atoms with Crippen molar-refractivity contribution in [3.8, 4) is 5.75 Å². The van der Waals surface area contributed by atoms with Crippen LogP contribution in [0, 0.1) is 0 Å². The summed E-state index contributed by atoms with van der Waals surface area (Å²) < 4.78 is 5.61. The summed E-state index contributed by atoms with van der Waals surface area (Å²) in [5, 5.41) is 11.2. The molecule has 0 atom stereocenters. The molecule has 0 saturated carbocycles. The van der Waals surface area contributed by atoms with E-state index in [2.05, 4.69) is 26.1 Å². The van der Waals surface area contributed by atoms with Crippen LogP contribution < -0.4 is 10.1 Å². The number of nitrogens with one attached hydrogen (secondary N) is 1. The van der Waals surface area contributed by atoms with E-state index in [1.165, 1.54) is 11.8 Å². The lowest BCUT2D eigenvalue weighted by molar-refractivity contribution is -0.133. The number of thioether (sulfide) groups is 1. The van der Waals surface area contributed by atoms with Gasteiger partial charge >= 0.3 is 5.97 Å². The number of hydrogen-bond donors (Lipinski definition) is 2. The van der Waals surface area contributed by atoms with Crippen molar-refractivity contribution in [2.75, 3.05) is 24.7 Å². The molecule has 6 heteroatoms. The number of carboxylic acids is 1. The van der Waals surface area contributed by atoms with Gasteiger partial charge in [-0.25, -0.2) is 0 Å². The average molecular weight is 325 g/mol. The lowest BCUT2D eigenvalue weighted by Crippen LogP contribution is -2.31. The Morgan fingerprint density at radius 3 is 2.59 bits per heavy atom. The van der Waals surface area contributed by atoms with Gasteiger partial charge in [-0.3, -0.25) is 9.59 Å². The zero-order valence-corrected chi connectivity index (χ0v) is 14.0. The number of ether oxygens (including phenoxy) is 1. The molecule has 0 spiro atoms. The summed E-state index contributed by atoms with van der Waals surface area (Å²) in [6.07, 6.45) is 0. The maximum absolute atomic E-state index is 11.7. The van der Waals surface area contributed by atoms with Gasteiger partial charge < -0.3 is 15.2 Å². The second kappa shape index (κ2) is 8.68. The highest BCUT2D eigenvalue weighted by Crippen LogP contribution is 2.30. The molecule has 0 aromatic heterocycles. The summed E-state index contributed by atoms with van der Waals surface area (Å²) in [7, 11) is 0. The maximum Gasteiger partial charge on any atom is 0.313 e. The molecular weight excluding hydrogens is 302 g/mol. The van der Waals surface area contributed by atoms with Crippen molar-refractivity contribution >= 4 is 23.6 Å². The minimum atomic E-state index is -0.849. The number of carbonyl (C=O) groups is 2. The van der Waals surface area contributed by atoms with Crippen LogP contribution in [0.3, 0.4) is 0 Å². The Labute approximate surface area is 135 Å². The topological polar surface area (TPSA) is 75.6 Å². The number of carbonyl (C=O) groups excluding carboxylic acids is 1. The third kappa shape index (κ3) is 6.85. The molecule has 1 aromatic rings. The van der Waals surface area contributed by atoms with E-state index in [1.54, 1.807) is 0 Å². The molecule has 0 heterocycles. The lowest BCUT2D eigenvalue weighted by Gasteiger charge is -2.22. The molecule has 1 aromatic carbocycles. The number of aliphatic carboxylic acids is 1. The van der Waals surface area contributed by atoms with Crippen LogP contribution in [-0.2, 0) is 15.0 Å². The van der Waals surface area contributed by atoms with E-state index < -0.39 is 5.97 Å². The molecule has 0 saturated heterocycles. The first-order chi connectivity index (χ1) is 10.3. The van der Waals surface area contributed by atoms with Crippen LogP contribution in [0.1, 0.15) is 26.3 Å². The van der Waals surface area contributed by atoms with Crippen molar-refractivity contribution < 1.29 is 19.4 Å².